The van der Waals surface area contributed by atoms with Gasteiger partial charge >= 0.3 is 0 Å². The molecule has 1 saturated heterocycles. The summed E-state index contributed by atoms with van der Waals surface area (Å²) < 4.78 is 7.51. The third-order valence-electron chi connectivity index (χ3n) is 4.01. The maximum Gasteiger partial charge on any atom is 0.256 e. The molecule has 1 fully saturated rings. The van der Waals surface area contributed by atoms with Crippen LogP contribution in [-0.2, 0) is 11.8 Å². The smallest absolute Gasteiger partial charge is 0.256 e. The molecule has 1 atom stereocenters. The number of hydrogen-bond donors (Lipinski definition) is 0. The molecular weight excluding hydrogens is 264 g/mol. The van der Waals surface area contributed by atoms with Gasteiger partial charge in [-0.3, -0.25) is 4.79 Å². The Labute approximate surface area is 124 Å². The van der Waals surface area contributed by atoms with Crippen LogP contribution < -0.4 is 0 Å². The molecule has 0 bridgehead atoms. The summed E-state index contributed by atoms with van der Waals surface area (Å²) in [4.78, 5) is 14.6. The molecule has 0 saturated carbocycles. The average Bonchev–Trinajstić information content (AvgIpc) is 2.83. The van der Waals surface area contributed by atoms with Gasteiger partial charge < -0.3 is 14.2 Å². The summed E-state index contributed by atoms with van der Waals surface area (Å²) in [5.41, 5.74) is 2.87. The zero-order chi connectivity index (χ0) is 15.0. The van der Waals surface area contributed by atoms with E-state index >= 15 is 0 Å². The van der Waals surface area contributed by atoms with Gasteiger partial charge in [-0.15, -0.1) is 0 Å². The third kappa shape index (κ3) is 2.47. The van der Waals surface area contributed by atoms with Crippen molar-refractivity contribution in [1.82, 2.24) is 9.47 Å². The van der Waals surface area contributed by atoms with Gasteiger partial charge in [-0.1, -0.05) is 24.8 Å². The van der Waals surface area contributed by atoms with Crippen molar-refractivity contribution in [3.8, 4) is 0 Å². The van der Waals surface area contributed by atoms with Crippen LogP contribution in [0.3, 0.4) is 0 Å². The van der Waals surface area contributed by atoms with E-state index in [-0.39, 0.29) is 12.0 Å². The second kappa shape index (κ2) is 5.37. The fourth-order valence-electron chi connectivity index (χ4n) is 2.87. The van der Waals surface area contributed by atoms with Crippen LogP contribution in [0.4, 0.5) is 0 Å². The lowest BCUT2D eigenvalue weighted by Crippen LogP contribution is -2.44. The van der Waals surface area contributed by atoms with Gasteiger partial charge in [0.15, 0.2) is 0 Å². The van der Waals surface area contributed by atoms with E-state index < -0.39 is 0 Å². The van der Waals surface area contributed by atoms with Gasteiger partial charge in [-0.05, 0) is 18.6 Å². The zero-order valence-electron chi connectivity index (χ0n) is 12.5. The van der Waals surface area contributed by atoms with E-state index in [1.165, 1.54) is 0 Å². The first-order chi connectivity index (χ1) is 10.1. The van der Waals surface area contributed by atoms with Crippen LogP contribution in [0, 0.1) is 0 Å². The first-order valence-electron chi connectivity index (χ1n) is 7.22. The minimum Gasteiger partial charge on any atom is -0.375 e. The summed E-state index contributed by atoms with van der Waals surface area (Å²) in [6.45, 7) is 7.71. The lowest BCUT2D eigenvalue weighted by Gasteiger charge is -2.31. The molecule has 0 radical (unpaired) electrons. The van der Waals surface area contributed by atoms with E-state index in [2.05, 4.69) is 12.6 Å². The highest BCUT2D eigenvalue weighted by atomic mass is 16.5. The lowest BCUT2D eigenvalue weighted by atomic mass is 10.1. The molecule has 1 aromatic heterocycles. The van der Waals surface area contributed by atoms with Gasteiger partial charge in [0.05, 0.1) is 18.3 Å². The van der Waals surface area contributed by atoms with Gasteiger partial charge in [-0.25, -0.2) is 0 Å². The van der Waals surface area contributed by atoms with Crippen molar-refractivity contribution in [2.45, 2.75) is 13.0 Å². The number of aromatic nitrogens is 1. The molecule has 1 aromatic carbocycles. The number of morpholine rings is 1. The Morgan fingerprint density at radius 1 is 1.48 bits per heavy atom. The molecule has 1 aliphatic heterocycles. The van der Waals surface area contributed by atoms with Crippen LogP contribution in [0.2, 0.25) is 0 Å². The van der Waals surface area contributed by atoms with Crippen LogP contribution in [-0.4, -0.2) is 41.2 Å². The molecule has 4 heteroatoms. The standard InChI is InChI=1S/C17H20N2O2/c1-4-13-5-6-14-15(11-18(3)16(14)9-13)17(20)19-7-8-21-12(2)10-19/h4-6,9,11-12H,1,7-8,10H2,2-3H3. The minimum atomic E-state index is 0.0853. The normalized spacial score (nSPS) is 19.0. The van der Waals surface area contributed by atoms with E-state index in [1.54, 1.807) is 0 Å². The summed E-state index contributed by atoms with van der Waals surface area (Å²) in [5.74, 6) is 0.0853. The zero-order valence-corrected chi connectivity index (χ0v) is 12.5. The first-order valence-corrected chi connectivity index (χ1v) is 7.22. The van der Waals surface area contributed by atoms with E-state index in [0.29, 0.717) is 19.7 Å². The van der Waals surface area contributed by atoms with Crippen molar-refractivity contribution in [3.05, 3.63) is 42.1 Å². The van der Waals surface area contributed by atoms with E-state index in [1.807, 2.05) is 47.8 Å². The maximum atomic E-state index is 12.8. The van der Waals surface area contributed by atoms with Crippen molar-refractivity contribution in [2.75, 3.05) is 19.7 Å². The quantitative estimate of drug-likeness (QED) is 0.849. The van der Waals surface area contributed by atoms with E-state index in [0.717, 1.165) is 22.0 Å². The number of nitrogens with zero attached hydrogens (tertiary/aromatic N) is 2. The fraction of sp³-hybridized carbons (Fsp3) is 0.353. The summed E-state index contributed by atoms with van der Waals surface area (Å²) in [6.07, 6.45) is 3.84. The summed E-state index contributed by atoms with van der Waals surface area (Å²) in [7, 11) is 1.97. The molecular formula is C17H20N2O2. The van der Waals surface area contributed by atoms with Crippen LogP contribution in [0.15, 0.2) is 31.0 Å². The molecule has 1 amide bonds. The molecule has 1 aliphatic rings. The molecule has 0 aliphatic carbocycles. The Morgan fingerprint density at radius 3 is 3.00 bits per heavy atom. The van der Waals surface area contributed by atoms with Gasteiger partial charge in [-0.2, -0.15) is 0 Å². The maximum absolute atomic E-state index is 12.8. The summed E-state index contributed by atoms with van der Waals surface area (Å²) in [5, 5.41) is 0.993. The number of ether oxygens (including phenoxy) is 1. The van der Waals surface area contributed by atoms with Gasteiger partial charge in [0.2, 0.25) is 0 Å². The Balaban J connectivity index is 2.00. The number of fused-ring (bicyclic) bond motifs is 1. The number of aryl methyl sites for hydroxylation is 1. The summed E-state index contributed by atoms with van der Waals surface area (Å²) >= 11 is 0. The molecule has 0 N–H and O–H groups in total. The molecule has 2 aromatic rings. The Morgan fingerprint density at radius 2 is 2.29 bits per heavy atom. The number of benzene rings is 1. The van der Waals surface area contributed by atoms with Crippen molar-refractivity contribution < 1.29 is 9.53 Å². The number of rotatable bonds is 2. The molecule has 110 valence electrons. The van der Waals surface area contributed by atoms with Crippen molar-refractivity contribution in [1.29, 1.82) is 0 Å². The monoisotopic (exact) mass is 284 g/mol. The van der Waals surface area contributed by atoms with E-state index in [9.17, 15) is 4.79 Å². The average molecular weight is 284 g/mol. The highest BCUT2D eigenvalue weighted by molar-refractivity contribution is 6.07. The molecule has 2 heterocycles. The Bertz CT molecular complexity index is 702. The number of carbonyl (C=O) groups excluding carboxylic acids is 1. The number of hydrogen-bond acceptors (Lipinski definition) is 2. The minimum absolute atomic E-state index is 0.0853. The van der Waals surface area contributed by atoms with Crippen molar-refractivity contribution in [3.63, 3.8) is 0 Å². The first kappa shape index (κ1) is 13.9. The molecule has 0 spiro atoms. The SMILES string of the molecule is C=Cc1ccc2c(C(=O)N3CCOC(C)C3)cn(C)c2c1. The van der Waals surface area contributed by atoms with Gasteiger partial charge in [0, 0.05) is 37.2 Å². The van der Waals surface area contributed by atoms with Gasteiger partial charge in [0.1, 0.15) is 0 Å². The van der Waals surface area contributed by atoms with Crippen LogP contribution >= 0.6 is 0 Å². The number of carbonyl (C=O) groups is 1. The molecule has 3 rings (SSSR count). The predicted octanol–water partition coefficient (Wildman–Crippen LogP) is 2.68. The predicted molar refractivity (Wildman–Crippen MR) is 84.3 cm³/mol. The largest absolute Gasteiger partial charge is 0.375 e. The van der Waals surface area contributed by atoms with Crippen molar-refractivity contribution in [2.24, 2.45) is 7.05 Å². The highest BCUT2D eigenvalue weighted by Gasteiger charge is 2.24. The summed E-state index contributed by atoms with van der Waals surface area (Å²) in [6, 6.07) is 6.05. The fourth-order valence-corrected chi connectivity index (χ4v) is 2.87. The Hall–Kier alpha value is -2.07. The second-order valence-corrected chi connectivity index (χ2v) is 5.57. The van der Waals surface area contributed by atoms with Crippen molar-refractivity contribution >= 4 is 22.9 Å². The topological polar surface area (TPSA) is 34.5 Å². The van der Waals surface area contributed by atoms with E-state index in [4.69, 9.17) is 4.74 Å². The van der Waals surface area contributed by atoms with Crippen LogP contribution in [0.5, 0.6) is 0 Å². The van der Waals surface area contributed by atoms with Crippen LogP contribution in [0.25, 0.3) is 17.0 Å². The molecule has 1 unspecified atom stereocenters. The highest BCUT2D eigenvalue weighted by Crippen LogP contribution is 2.24. The third-order valence-corrected chi connectivity index (χ3v) is 4.01. The van der Waals surface area contributed by atoms with Crippen LogP contribution in [0.1, 0.15) is 22.8 Å². The molecule has 4 nitrogen and oxygen atoms in total. The Kier molecular flexibility index (Phi) is 3.55. The second-order valence-electron chi connectivity index (χ2n) is 5.57. The van der Waals surface area contributed by atoms with Gasteiger partial charge in [0.25, 0.3) is 5.91 Å². The molecule has 21 heavy (non-hydrogen) atoms. The number of amides is 1. The lowest BCUT2D eigenvalue weighted by molar-refractivity contribution is -0.0123.